The fourth-order valence-electron chi connectivity index (χ4n) is 3.26. The molecule has 1 unspecified atom stereocenters. The van der Waals surface area contributed by atoms with Crippen molar-refractivity contribution in [2.24, 2.45) is 11.1 Å². The normalized spacial score (nSPS) is 19.1. The lowest BCUT2D eigenvalue weighted by Gasteiger charge is -2.42. The van der Waals surface area contributed by atoms with Crippen molar-refractivity contribution in [2.75, 3.05) is 13.1 Å². The summed E-state index contributed by atoms with van der Waals surface area (Å²) < 4.78 is 0. The molecule has 2 aromatic rings. The molecule has 1 aliphatic heterocycles. The zero-order valence-corrected chi connectivity index (χ0v) is 17.3. The van der Waals surface area contributed by atoms with Crippen LogP contribution in [-0.4, -0.2) is 34.9 Å². The van der Waals surface area contributed by atoms with E-state index >= 15 is 0 Å². The Kier molecular flexibility index (Phi) is 6.83. The third kappa shape index (κ3) is 4.64. The first-order chi connectivity index (χ1) is 11.9. The fraction of sp³-hybridized carbons (Fsp3) is 0.500. The van der Waals surface area contributed by atoms with Gasteiger partial charge in [0.25, 0.3) is 0 Å². The fourth-order valence-corrected chi connectivity index (χ4v) is 4.08. The average molecular weight is 394 g/mol. The molecule has 6 heteroatoms. The predicted molar refractivity (Wildman–Crippen MR) is 111 cm³/mol. The molecule has 26 heavy (non-hydrogen) atoms. The summed E-state index contributed by atoms with van der Waals surface area (Å²) in [4.78, 5) is 19.3. The van der Waals surface area contributed by atoms with Crippen molar-refractivity contribution in [3.05, 3.63) is 40.9 Å². The van der Waals surface area contributed by atoms with E-state index in [2.05, 4.69) is 50.0 Å². The van der Waals surface area contributed by atoms with Gasteiger partial charge in [-0.15, -0.1) is 23.7 Å². The Hall–Kier alpha value is -1.43. The minimum atomic E-state index is -0.0256. The van der Waals surface area contributed by atoms with Gasteiger partial charge in [0.15, 0.2) is 0 Å². The molecule has 3 rings (SSSR count). The molecule has 1 aromatic carbocycles. The maximum absolute atomic E-state index is 12.6. The highest BCUT2D eigenvalue weighted by atomic mass is 35.5. The maximum Gasteiger partial charge on any atom is 0.228 e. The molecule has 0 spiro atoms. The number of nitrogens with zero attached hydrogens (tertiary/aromatic N) is 2. The van der Waals surface area contributed by atoms with Crippen LogP contribution in [0.3, 0.4) is 0 Å². The van der Waals surface area contributed by atoms with Crippen molar-refractivity contribution in [3.63, 3.8) is 0 Å². The van der Waals surface area contributed by atoms with E-state index in [-0.39, 0.29) is 29.8 Å². The summed E-state index contributed by atoms with van der Waals surface area (Å²) in [6.45, 7) is 7.90. The van der Waals surface area contributed by atoms with Gasteiger partial charge >= 0.3 is 0 Å². The number of nitrogens with two attached hydrogens (primary N) is 1. The van der Waals surface area contributed by atoms with Gasteiger partial charge in [0.05, 0.1) is 12.1 Å². The molecule has 0 aliphatic carbocycles. The van der Waals surface area contributed by atoms with Crippen LogP contribution in [0, 0.1) is 5.41 Å². The largest absolute Gasteiger partial charge is 0.342 e. The maximum atomic E-state index is 12.6. The molecule has 2 heterocycles. The molecule has 1 atom stereocenters. The van der Waals surface area contributed by atoms with Gasteiger partial charge in [-0.05, 0) is 23.8 Å². The van der Waals surface area contributed by atoms with Crippen LogP contribution >= 0.6 is 23.7 Å². The van der Waals surface area contributed by atoms with Gasteiger partial charge in [-0.1, -0.05) is 45.0 Å². The highest BCUT2D eigenvalue weighted by molar-refractivity contribution is 7.13. The topological polar surface area (TPSA) is 59.2 Å². The average Bonchev–Trinajstić information content (AvgIpc) is 3.05. The van der Waals surface area contributed by atoms with Gasteiger partial charge in [0.1, 0.15) is 5.01 Å². The highest BCUT2D eigenvalue weighted by Gasteiger charge is 2.35. The minimum absolute atomic E-state index is 0. The summed E-state index contributed by atoms with van der Waals surface area (Å²) >= 11 is 1.60. The van der Waals surface area contributed by atoms with Crippen molar-refractivity contribution in [1.29, 1.82) is 0 Å². The Balaban J connectivity index is 0.00000243. The highest BCUT2D eigenvalue weighted by Crippen LogP contribution is 2.29. The molecule has 4 nitrogen and oxygen atoms in total. The Morgan fingerprint density at radius 1 is 1.35 bits per heavy atom. The van der Waals surface area contributed by atoms with Crippen LogP contribution in [0.25, 0.3) is 10.6 Å². The number of aryl methyl sites for hydroxylation is 1. The van der Waals surface area contributed by atoms with Gasteiger partial charge in [-0.3, -0.25) is 4.79 Å². The number of piperidine rings is 1. The number of likely N-dealkylation sites (tertiary alicyclic amines) is 1. The van der Waals surface area contributed by atoms with Crippen LogP contribution in [0.2, 0.25) is 0 Å². The first-order valence-corrected chi connectivity index (χ1v) is 9.84. The second-order valence-electron chi connectivity index (χ2n) is 7.57. The Labute approximate surface area is 166 Å². The summed E-state index contributed by atoms with van der Waals surface area (Å²) in [5, 5.41) is 2.98. The monoisotopic (exact) mass is 393 g/mol. The third-order valence-electron chi connectivity index (χ3n) is 5.16. The quantitative estimate of drug-likeness (QED) is 0.856. The lowest BCUT2D eigenvalue weighted by molar-refractivity contribution is -0.133. The molecule has 0 saturated carbocycles. The standard InChI is InChI=1S/C20H27N3OS.ClH/c1-4-14-5-7-15(8-6-14)19-22-16(12-25-19)11-18(24)23-10-9-17(21)20(2,3)13-23;/h5-8,12,17H,4,9-11,13,21H2,1-3H3;1H. The number of carbonyl (C=O) groups is 1. The first kappa shape index (κ1) is 20.9. The van der Waals surface area contributed by atoms with Crippen LogP contribution in [0.15, 0.2) is 29.6 Å². The van der Waals surface area contributed by atoms with E-state index in [0.29, 0.717) is 6.42 Å². The third-order valence-corrected chi connectivity index (χ3v) is 6.10. The van der Waals surface area contributed by atoms with Crippen LogP contribution in [0.4, 0.5) is 0 Å². The molecule has 1 aromatic heterocycles. The molecule has 1 amide bonds. The van der Waals surface area contributed by atoms with Gasteiger partial charge in [-0.2, -0.15) is 0 Å². The molecule has 1 aliphatic rings. The lowest BCUT2D eigenvalue weighted by Crippen LogP contribution is -2.54. The van der Waals surface area contributed by atoms with E-state index in [4.69, 9.17) is 5.73 Å². The second kappa shape index (κ2) is 8.51. The SMILES string of the molecule is CCc1ccc(-c2nc(CC(=O)N3CCC(N)C(C)(C)C3)cs2)cc1.Cl. The molecule has 1 fully saturated rings. The van der Waals surface area contributed by atoms with Gasteiger partial charge in [0, 0.05) is 30.1 Å². The summed E-state index contributed by atoms with van der Waals surface area (Å²) in [7, 11) is 0. The van der Waals surface area contributed by atoms with Crippen LogP contribution in [0.1, 0.15) is 38.4 Å². The van der Waals surface area contributed by atoms with E-state index in [1.54, 1.807) is 11.3 Å². The number of halogens is 1. The molecular formula is C20H28ClN3OS. The molecule has 142 valence electrons. The zero-order chi connectivity index (χ0) is 18.0. The van der Waals surface area contributed by atoms with Crippen molar-refractivity contribution in [3.8, 4) is 10.6 Å². The first-order valence-electron chi connectivity index (χ1n) is 8.96. The summed E-state index contributed by atoms with van der Waals surface area (Å²) in [5.74, 6) is 0.151. The van der Waals surface area contributed by atoms with E-state index in [0.717, 1.165) is 42.2 Å². The molecular weight excluding hydrogens is 366 g/mol. The Bertz CT molecular complexity index is 742. The van der Waals surface area contributed by atoms with E-state index in [1.165, 1.54) is 5.56 Å². The zero-order valence-electron chi connectivity index (χ0n) is 15.7. The van der Waals surface area contributed by atoms with Crippen molar-refractivity contribution in [1.82, 2.24) is 9.88 Å². The predicted octanol–water partition coefficient (Wildman–Crippen LogP) is 3.92. The van der Waals surface area contributed by atoms with E-state index in [1.807, 2.05) is 10.3 Å². The summed E-state index contributed by atoms with van der Waals surface area (Å²) in [5.41, 5.74) is 9.44. The van der Waals surface area contributed by atoms with Crippen LogP contribution < -0.4 is 5.73 Å². The summed E-state index contributed by atoms with van der Waals surface area (Å²) in [6.07, 6.45) is 2.27. The molecule has 0 radical (unpaired) electrons. The number of thiazole rings is 1. The van der Waals surface area contributed by atoms with Crippen LogP contribution in [0.5, 0.6) is 0 Å². The van der Waals surface area contributed by atoms with E-state index < -0.39 is 0 Å². The molecule has 0 bridgehead atoms. The van der Waals surface area contributed by atoms with Gasteiger partial charge in [0.2, 0.25) is 5.91 Å². The number of aromatic nitrogens is 1. The van der Waals surface area contributed by atoms with E-state index in [9.17, 15) is 4.79 Å². The number of amides is 1. The van der Waals surface area contributed by atoms with Crippen molar-refractivity contribution < 1.29 is 4.79 Å². The number of hydrogen-bond acceptors (Lipinski definition) is 4. The number of hydrogen-bond donors (Lipinski definition) is 1. The van der Waals surface area contributed by atoms with Crippen molar-refractivity contribution >= 4 is 29.7 Å². The smallest absolute Gasteiger partial charge is 0.228 e. The minimum Gasteiger partial charge on any atom is -0.342 e. The molecule has 2 N–H and O–H groups in total. The van der Waals surface area contributed by atoms with Gasteiger partial charge in [-0.25, -0.2) is 4.98 Å². The molecule has 1 saturated heterocycles. The van der Waals surface area contributed by atoms with Gasteiger partial charge < -0.3 is 10.6 Å². The Morgan fingerprint density at radius 3 is 2.65 bits per heavy atom. The number of carbonyl (C=O) groups excluding carboxylic acids is 1. The van der Waals surface area contributed by atoms with Crippen LogP contribution in [-0.2, 0) is 17.6 Å². The van der Waals surface area contributed by atoms with Crippen molar-refractivity contribution in [2.45, 2.75) is 46.1 Å². The second-order valence-corrected chi connectivity index (χ2v) is 8.43. The number of rotatable bonds is 4. The number of benzene rings is 1. The summed E-state index contributed by atoms with van der Waals surface area (Å²) in [6, 6.07) is 8.66. The Morgan fingerprint density at radius 2 is 2.04 bits per heavy atom. The lowest BCUT2D eigenvalue weighted by atomic mass is 9.79.